The summed E-state index contributed by atoms with van der Waals surface area (Å²) in [4.78, 5) is 83.9. The molecule has 6 rings (SSSR count). The molecule has 0 radical (unpaired) electrons. The summed E-state index contributed by atoms with van der Waals surface area (Å²) in [6.07, 6.45) is -8.29. The van der Waals surface area contributed by atoms with Gasteiger partial charge >= 0.3 is 11.9 Å². The molecule has 51 heavy (non-hydrogen) atoms. The first-order valence-corrected chi connectivity index (χ1v) is 17.6. The van der Waals surface area contributed by atoms with Crippen molar-refractivity contribution in [3.05, 3.63) is 58.7 Å². The Balaban J connectivity index is 1.71. The van der Waals surface area contributed by atoms with Crippen LogP contribution in [0.25, 0.3) is 0 Å². The summed E-state index contributed by atoms with van der Waals surface area (Å²) in [7, 11) is 0. The highest BCUT2D eigenvalue weighted by Crippen LogP contribution is 2.65. The standard InChI is InChI=1S/C36H38O14S/c1-3-7-23-35(47)31(45)27-19(9-5-11-21(27)37)29(43)33(35,15-17(49-23)13-25(39)40)51-34-16-18(14-26(41)42)50-24(8-4-2)36(34,48)32(46)28-20(30(34)44)10-6-12-22(28)38/h5-6,9-12,17-18,23-24,37-38,47-48H,3-4,7-8,13-16H2,1-2H3,(H,39,40)(H,41,42)/t17-,18+,23-,24+,33+,34-,35+,36-. The summed E-state index contributed by atoms with van der Waals surface area (Å²) >= 11 is 0.336. The molecule has 0 unspecified atom stereocenters. The normalized spacial score (nSPS) is 34.3. The van der Waals surface area contributed by atoms with Crippen molar-refractivity contribution in [2.75, 3.05) is 0 Å². The molecule has 8 atom stereocenters. The lowest BCUT2D eigenvalue weighted by molar-refractivity contribution is -0.179. The number of hydrogen-bond donors (Lipinski definition) is 6. The molecule has 2 fully saturated rings. The van der Waals surface area contributed by atoms with Gasteiger partial charge < -0.3 is 40.1 Å². The number of hydrogen-bond acceptors (Lipinski definition) is 13. The first-order valence-electron chi connectivity index (χ1n) is 16.8. The van der Waals surface area contributed by atoms with Gasteiger partial charge in [-0.2, -0.15) is 0 Å². The zero-order valence-electron chi connectivity index (χ0n) is 27.8. The van der Waals surface area contributed by atoms with Crippen LogP contribution in [0.3, 0.4) is 0 Å². The van der Waals surface area contributed by atoms with E-state index in [2.05, 4.69) is 0 Å². The number of phenolic OH excluding ortho intramolecular Hbond substituents is 2. The van der Waals surface area contributed by atoms with E-state index < -0.39 is 128 Å². The summed E-state index contributed by atoms with van der Waals surface area (Å²) in [6.45, 7) is 3.38. The number of aliphatic hydroxyl groups is 2. The average Bonchev–Trinajstić information content (AvgIpc) is 3.05. The van der Waals surface area contributed by atoms with Gasteiger partial charge in [0.25, 0.3) is 0 Å². The third kappa shape index (κ3) is 5.07. The number of benzene rings is 2. The number of aliphatic carboxylic acids is 2. The van der Waals surface area contributed by atoms with Crippen LogP contribution in [0.4, 0.5) is 0 Å². The Kier molecular flexibility index (Phi) is 9.20. The predicted molar refractivity (Wildman–Crippen MR) is 177 cm³/mol. The van der Waals surface area contributed by atoms with Crippen molar-refractivity contribution in [1.29, 1.82) is 0 Å². The highest BCUT2D eigenvalue weighted by molar-refractivity contribution is 8.03. The number of ether oxygens (including phenoxy) is 2. The fourth-order valence-corrected chi connectivity index (χ4v) is 10.8. The highest BCUT2D eigenvalue weighted by Gasteiger charge is 2.78. The second-order valence-electron chi connectivity index (χ2n) is 13.7. The minimum atomic E-state index is -2.91. The van der Waals surface area contributed by atoms with E-state index in [0.717, 1.165) is 12.1 Å². The number of ketones is 4. The van der Waals surface area contributed by atoms with Gasteiger partial charge in [0.2, 0.25) is 11.6 Å². The van der Waals surface area contributed by atoms with E-state index in [1.807, 2.05) is 0 Å². The number of phenols is 2. The molecule has 4 aliphatic rings. The third-order valence-electron chi connectivity index (χ3n) is 10.6. The van der Waals surface area contributed by atoms with E-state index in [1.54, 1.807) is 13.8 Å². The van der Waals surface area contributed by atoms with Gasteiger partial charge in [0, 0.05) is 11.1 Å². The van der Waals surface area contributed by atoms with E-state index in [4.69, 9.17) is 9.47 Å². The van der Waals surface area contributed by atoms with Crippen LogP contribution in [0.5, 0.6) is 11.5 Å². The van der Waals surface area contributed by atoms with E-state index in [0.29, 0.717) is 11.8 Å². The molecule has 0 aromatic heterocycles. The summed E-state index contributed by atoms with van der Waals surface area (Å²) in [5, 5.41) is 67.3. The van der Waals surface area contributed by atoms with Crippen molar-refractivity contribution in [3.8, 4) is 11.5 Å². The molecule has 2 aromatic rings. The van der Waals surface area contributed by atoms with Crippen molar-refractivity contribution in [2.24, 2.45) is 0 Å². The number of aromatic hydroxyl groups is 2. The van der Waals surface area contributed by atoms with Crippen LogP contribution in [0.15, 0.2) is 36.4 Å². The molecule has 2 aromatic carbocycles. The van der Waals surface area contributed by atoms with Crippen molar-refractivity contribution in [2.45, 2.75) is 110 Å². The molecule has 15 heteroatoms. The van der Waals surface area contributed by atoms with Crippen LogP contribution in [-0.4, -0.2) is 111 Å². The molecule has 0 spiro atoms. The van der Waals surface area contributed by atoms with Crippen LogP contribution < -0.4 is 0 Å². The number of rotatable bonds is 10. The van der Waals surface area contributed by atoms with Gasteiger partial charge in [0.05, 0.1) is 48.4 Å². The van der Waals surface area contributed by atoms with Gasteiger partial charge in [-0.3, -0.25) is 28.8 Å². The van der Waals surface area contributed by atoms with Crippen molar-refractivity contribution >= 4 is 46.8 Å². The molecule has 0 amide bonds. The minimum Gasteiger partial charge on any atom is -0.507 e. The van der Waals surface area contributed by atoms with Crippen molar-refractivity contribution in [3.63, 3.8) is 0 Å². The molecule has 6 N–H and O–H groups in total. The monoisotopic (exact) mass is 726 g/mol. The summed E-state index contributed by atoms with van der Waals surface area (Å²) in [6, 6.07) is 7.33. The lowest BCUT2D eigenvalue weighted by Crippen LogP contribution is -2.79. The Morgan fingerprint density at radius 1 is 0.686 bits per heavy atom. The first kappa shape index (κ1) is 36.6. The molecule has 272 valence electrons. The molecule has 2 aliphatic carbocycles. The Hall–Kier alpha value is -4.15. The highest BCUT2D eigenvalue weighted by atomic mass is 32.2. The lowest BCUT2D eigenvalue weighted by atomic mass is 9.62. The van der Waals surface area contributed by atoms with Crippen molar-refractivity contribution in [1.82, 2.24) is 0 Å². The summed E-state index contributed by atoms with van der Waals surface area (Å²) < 4.78 is 7.02. The number of thioether (sulfide) groups is 1. The third-order valence-corrected chi connectivity index (χ3v) is 12.6. The van der Waals surface area contributed by atoms with Crippen molar-refractivity contribution < 1.29 is 68.9 Å². The molecule has 0 saturated carbocycles. The number of fused-ring (bicyclic) bond motifs is 4. The molecule has 2 aliphatic heterocycles. The first-order chi connectivity index (χ1) is 24.0. The second-order valence-corrected chi connectivity index (χ2v) is 15.3. The van der Waals surface area contributed by atoms with E-state index >= 15 is 9.59 Å². The SMILES string of the molecule is CCC[C@@H]1O[C@@H](CC(=O)O)C[C@@]2(S[C@]34C[C@@H](CC(=O)O)O[C@H](CCC)[C@]3(O)C(=O)c3c(O)cccc3C4=O)C(=O)c3cccc(O)c3C(=O)[C@]12O. The quantitative estimate of drug-likeness (QED) is 0.206. The largest absolute Gasteiger partial charge is 0.507 e. The Morgan fingerprint density at radius 2 is 1.06 bits per heavy atom. The van der Waals surface area contributed by atoms with Crippen LogP contribution in [0.1, 0.15) is 107 Å². The van der Waals surface area contributed by atoms with Gasteiger partial charge in [-0.05, 0) is 37.8 Å². The number of carbonyl (C=O) groups is 6. The van der Waals surface area contributed by atoms with Gasteiger partial charge in [-0.15, -0.1) is 11.8 Å². The van der Waals surface area contributed by atoms with Crippen LogP contribution in [0, 0.1) is 0 Å². The molecule has 14 nitrogen and oxygen atoms in total. The number of Topliss-reactive ketones (excluding diaryl/α,β-unsaturated/α-hetero) is 4. The maximum Gasteiger partial charge on any atom is 0.305 e. The Bertz CT molecular complexity index is 1730. The topological polar surface area (TPSA) is 242 Å². The molecular weight excluding hydrogens is 688 g/mol. The van der Waals surface area contributed by atoms with E-state index in [9.17, 15) is 49.8 Å². The molecule has 2 saturated heterocycles. The van der Waals surface area contributed by atoms with Gasteiger partial charge in [-0.1, -0.05) is 51.0 Å². The minimum absolute atomic E-state index is 0.0963. The maximum absolute atomic E-state index is 15.2. The smallest absolute Gasteiger partial charge is 0.305 e. The fraction of sp³-hybridized carbons (Fsp3) is 0.500. The fourth-order valence-electron chi connectivity index (χ4n) is 8.51. The van der Waals surface area contributed by atoms with Crippen LogP contribution in [0.2, 0.25) is 0 Å². The lowest BCUT2D eigenvalue weighted by Gasteiger charge is -2.62. The zero-order chi connectivity index (χ0) is 37.3. The van der Waals surface area contributed by atoms with Crippen LogP contribution in [-0.2, 0) is 19.1 Å². The number of carboxylic acids is 2. The van der Waals surface area contributed by atoms with Gasteiger partial charge in [0.15, 0.2) is 22.8 Å². The second kappa shape index (κ2) is 12.8. The zero-order valence-corrected chi connectivity index (χ0v) is 28.6. The summed E-state index contributed by atoms with van der Waals surface area (Å²) in [5.74, 6) is -8.22. The molecule has 2 heterocycles. The molecule has 0 bridgehead atoms. The van der Waals surface area contributed by atoms with Crippen LogP contribution >= 0.6 is 11.8 Å². The average molecular weight is 727 g/mol. The van der Waals surface area contributed by atoms with E-state index in [1.165, 1.54) is 24.3 Å². The predicted octanol–water partition coefficient (Wildman–Crippen LogP) is 3.09. The molecular formula is C36H38O14S. The van der Waals surface area contributed by atoms with Gasteiger partial charge in [-0.25, -0.2) is 0 Å². The maximum atomic E-state index is 15.2. The summed E-state index contributed by atoms with van der Waals surface area (Å²) in [5.41, 5.74) is -7.56. The Morgan fingerprint density at radius 3 is 1.39 bits per heavy atom. The number of carbonyl (C=O) groups excluding carboxylic acids is 4. The van der Waals surface area contributed by atoms with E-state index in [-0.39, 0.29) is 36.8 Å². The Labute approximate surface area is 295 Å². The number of carboxylic acid groups (broad SMARTS) is 2. The van der Waals surface area contributed by atoms with Gasteiger partial charge in [0.1, 0.15) is 21.0 Å².